The monoisotopic (exact) mass is 801 g/mol. The second kappa shape index (κ2) is 37.3. The third-order valence-electron chi connectivity index (χ3n) is 7.80. The van der Waals surface area contributed by atoms with E-state index >= 15 is 0 Å². The molecule has 0 heterocycles. The number of unbranched alkanes of at least 4 members (excludes halogenated alkanes) is 3. The molecule has 0 aliphatic heterocycles. The standard InChI is InChI=1S/C46H74NO8P/c1-6-8-10-12-14-16-18-20-22-23-25-27-29-31-33-35-37-39-46(49)55-44(43-54-56(50,51)53-41-40-47(3,4)5)42-52-45(48)38-36-34-32-30-28-26-24-21-19-17-15-13-11-9-7-2/h8-11,14-17,20-22,24-25,27-28,30-31,33,44H,6-7,12-13,18-19,23,26,29,32,34-43H2,1-5H3/p+1/b10-8-,11-9-,16-14-,17-15-,22-20-,24-21-,27-25-,30-28-,33-31-. The lowest BCUT2D eigenvalue weighted by atomic mass is 10.2. The molecule has 0 spiro atoms. The minimum absolute atomic E-state index is 0.00737. The largest absolute Gasteiger partial charge is 0.472 e. The Bertz CT molecular complexity index is 1320. The molecule has 9 nitrogen and oxygen atoms in total. The van der Waals surface area contributed by atoms with E-state index in [9.17, 15) is 19.0 Å². The Kier molecular flexibility index (Phi) is 35.0. The Labute approximate surface area is 340 Å². The number of ether oxygens (including phenoxy) is 2. The minimum Gasteiger partial charge on any atom is -0.462 e. The zero-order chi connectivity index (χ0) is 41.4. The molecule has 0 amide bonds. The molecule has 0 rings (SSSR count). The van der Waals surface area contributed by atoms with Crippen LogP contribution in [-0.4, -0.2) is 74.9 Å². The molecule has 0 aliphatic carbocycles. The zero-order valence-electron chi connectivity index (χ0n) is 35.3. The summed E-state index contributed by atoms with van der Waals surface area (Å²) in [6, 6.07) is 0. The normalized spacial score (nSPS) is 14.8. The number of phosphoric ester groups is 1. The van der Waals surface area contributed by atoms with Crippen molar-refractivity contribution >= 4 is 19.8 Å². The maximum absolute atomic E-state index is 12.6. The van der Waals surface area contributed by atoms with Gasteiger partial charge in [-0.1, -0.05) is 123 Å². The molecule has 0 fully saturated rings. The van der Waals surface area contributed by atoms with Gasteiger partial charge < -0.3 is 18.9 Å². The average molecular weight is 801 g/mol. The first-order valence-electron chi connectivity index (χ1n) is 20.6. The van der Waals surface area contributed by atoms with Crippen molar-refractivity contribution in [2.24, 2.45) is 0 Å². The van der Waals surface area contributed by atoms with Gasteiger partial charge in [-0.15, -0.1) is 0 Å². The summed E-state index contributed by atoms with van der Waals surface area (Å²) >= 11 is 0. The first-order valence-corrected chi connectivity index (χ1v) is 22.1. The maximum Gasteiger partial charge on any atom is 0.472 e. The highest BCUT2D eigenvalue weighted by Gasteiger charge is 2.27. The number of hydrogen-bond acceptors (Lipinski definition) is 7. The number of allylic oxidation sites excluding steroid dienone is 18. The Morgan fingerprint density at radius 1 is 0.554 bits per heavy atom. The van der Waals surface area contributed by atoms with Crippen LogP contribution in [0.4, 0.5) is 0 Å². The second-order valence-corrected chi connectivity index (χ2v) is 15.7. The van der Waals surface area contributed by atoms with E-state index < -0.39 is 32.5 Å². The van der Waals surface area contributed by atoms with Gasteiger partial charge in [-0.25, -0.2) is 4.57 Å². The van der Waals surface area contributed by atoms with Crippen molar-refractivity contribution in [3.05, 3.63) is 109 Å². The van der Waals surface area contributed by atoms with Crippen LogP contribution in [0, 0.1) is 0 Å². The summed E-state index contributed by atoms with van der Waals surface area (Å²) in [6.45, 7) is 4.03. The van der Waals surface area contributed by atoms with Crippen molar-refractivity contribution < 1.29 is 42.1 Å². The van der Waals surface area contributed by atoms with E-state index in [2.05, 4.69) is 117 Å². The maximum atomic E-state index is 12.6. The topological polar surface area (TPSA) is 108 Å². The van der Waals surface area contributed by atoms with Gasteiger partial charge >= 0.3 is 19.8 Å². The molecule has 0 bridgehead atoms. The fourth-order valence-electron chi connectivity index (χ4n) is 4.63. The van der Waals surface area contributed by atoms with Crippen molar-refractivity contribution in [2.75, 3.05) is 47.5 Å². The molecular weight excluding hydrogens is 725 g/mol. The Morgan fingerprint density at radius 3 is 1.41 bits per heavy atom. The molecule has 0 saturated carbocycles. The van der Waals surface area contributed by atoms with Gasteiger partial charge in [0.2, 0.25) is 0 Å². The predicted octanol–water partition coefficient (Wildman–Crippen LogP) is 11.6. The van der Waals surface area contributed by atoms with E-state index in [0.717, 1.165) is 70.6 Å². The van der Waals surface area contributed by atoms with E-state index in [1.807, 2.05) is 27.2 Å². The van der Waals surface area contributed by atoms with Crippen molar-refractivity contribution in [3.63, 3.8) is 0 Å². The molecular formula is C46H75NO8P+. The van der Waals surface area contributed by atoms with E-state index in [1.54, 1.807) is 0 Å². The summed E-state index contributed by atoms with van der Waals surface area (Å²) in [5.41, 5.74) is 0. The number of nitrogens with zero attached hydrogens (tertiary/aromatic N) is 1. The van der Waals surface area contributed by atoms with Crippen LogP contribution in [-0.2, 0) is 32.7 Å². The molecule has 316 valence electrons. The summed E-state index contributed by atoms with van der Waals surface area (Å²) in [5, 5.41) is 0. The summed E-state index contributed by atoms with van der Waals surface area (Å²) < 4.78 is 34.1. The molecule has 1 N–H and O–H groups in total. The van der Waals surface area contributed by atoms with Crippen molar-refractivity contribution in [2.45, 2.75) is 123 Å². The van der Waals surface area contributed by atoms with Gasteiger partial charge in [0.15, 0.2) is 6.10 Å². The quantitative estimate of drug-likeness (QED) is 0.0222. The smallest absolute Gasteiger partial charge is 0.462 e. The number of phosphoric acid groups is 1. The number of quaternary nitrogens is 1. The van der Waals surface area contributed by atoms with Crippen molar-refractivity contribution in [3.8, 4) is 0 Å². The molecule has 2 atom stereocenters. The highest BCUT2D eigenvalue weighted by Crippen LogP contribution is 2.43. The van der Waals surface area contributed by atoms with Gasteiger partial charge in [-0.05, 0) is 89.9 Å². The van der Waals surface area contributed by atoms with Crippen LogP contribution in [0.25, 0.3) is 0 Å². The molecule has 0 saturated heterocycles. The average Bonchev–Trinajstić information content (AvgIpc) is 3.15. The van der Waals surface area contributed by atoms with Gasteiger partial charge in [0.25, 0.3) is 0 Å². The summed E-state index contributed by atoms with van der Waals surface area (Å²) in [7, 11) is 1.39. The Morgan fingerprint density at radius 2 is 0.964 bits per heavy atom. The van der Waals surface area contributed by atoms with Crippen LogP contribution in [0.3, 0.4) is 0 Å². The third-order valence-corrected chi connectivity index (χ3v) is 8.78. The number of carbonyl (C=O) groups excluding carboxylic acids is 2. The summed E-state index contributed by atoms with van der Waals surface area (Å²) in [6.07, 6.45) is 50.1. The van der Waals surface area contributed by atoms with Gasteiger partial charge in [0, 0.05) is 12.8 Å². The number of rotatable bonds is 35. The molecule has 10 heteroatoms. The lowest BCUT2D eigenvalue weighted by Crippen LogP contribution is -2.37. The molecule has 0 aromatic heterocycles. The highest BCUT2D eigenvalue weighted by atomic mass is 31.2. The van der Waals surface area contributed by atoms with Gasteiger partial charge in [-0.2, -0.15) is 0 Å². The number of carbonyl (C=O) groups is 2. The van der Waals surface area contributed by atoms with E-state index in [-0.39, 0.29) is 26.1 Å². The molecule has 56 heavy (non-hydrogen) atoms. The van der Waals surface area contributed by atoms with Gasteiger partial charge in [0.05, 0.1) is 27.7 Å². The zero-order valence-corrected chi connectivity index (χ0v) is 36.2. The molecule has 0 aromatic carbocycles. The number of esters is 2. The van der Waals surface area contributed by atoms with Gasteiger partial charge in [0.1, 0.15) is 19.8 Å². The second-order valence-electron chi connectivity index (χ2n) is 14.3. The van der Waals surface area contributed by atoms with E-state index in [0.29, 0.717) is 30.3 Å². The molecule has 2 unspecified atom stereocenters. The van der Waals surface area contributed by atoms with Crippen LogP contribution in [0.15, 0.2) is 109 Å². The van der Waals surface area contributed by atoms with Gasteiger partial charge in [-0.3, -0.25) is 18.6 Å². The lowest BCUT2D eigenvalue weighted by molar-refractivity contribution is -0.870. The SMILES string of the molecule is CC/C=C\C/C=C\C/C=C\C/C=C\C/C=C\CCCC(=O)OC(COC(=O)CCCC/C=C\C/C=C\C/C=C\C/C=C\CC)COP(=O)(O)OCC[N+](C)(C)C. The Hall–Kier alpha value is -3.33. The predicted molar refractivity (Wildman–Crippen MR) is 233 cm³/mol. The van der Waals surface area contributed by atoms with E-state index in [1.165, 1.54) is 0 Å². The van der Waals surface area contributed by atoms with E-state index in [4.69, 9.17) is 18.5 Å². The first-order chi connectivity index (χ1) is 27.0. The van der Waals surface area contributed by atoms with Crippen LogP contribution in [0.2, 0.25) is 0 Å². The third kappa shape index (κ3) is 40.3. The fourth-order valence-corrected chi connectivity index (χ4v) is 5.37. The van der Waals surface area contributed by atoms with Crippen LogP contribution >= 0.6 is 7.82 Å². The highest BCUT2D eigenvalue weighted by molar-refractivity contribution is 7.47. The molecule has 0 aromatic rings. The fraction of sp³-hybridized carbons (Fsp3) is 0.565. The Balaban J connectivity index is 4.60. The van der Waals surface area contributed by atoms with Crippen molar-refractivity contribution in [1.29, 1.82) is 0 Å². The number of likely N-dealkylation sites (N-methyl/N-ethyl adjacent to an activating group) is 1. The molecule has 0 radical (unpaired) electrons. The van der Waals surface area contributed by atoms with Crippen LogP contribution in [0.1, 0.15) is 117 Å². The summed E-state index contributed by atoms with van der Waals surface area (Å²) in [4.78, 5) is 35.3. The number of hydrogen-bond donors (Lipinski definition) is 1. The summed E-state index contributed by atoms with van der Waals surface area (Å²) in [5.74, 6) is -0.931. The lowest BCUT2D eigenvalue weighted by Gasteiger charge is -2.24. The molecule has 0 aliphatic rings. The van der Waals surface area contributed by atoms with Crippen LogP contribution in [0.5, 0.6) is 0 Å². The first kappa shape index (κ1) is 52.7. The minimum atomic E-state index is -4.41. The van der Waals surface area contributed by atoms with Crippen LogP contribution < -0.4 is 0 Å². The van der Waals surface area contributed by atoms with Crippen molar-refractivity contribution in [1.82, 2.24) is 0 Å².